The predicted octanol–water partition coefficient (Wildman–Crippen LogP) is -0.556. The Morgan fingerprint density at radius 3 is 2.79 bits per heavy atom. The Morgan fingerprint density at radius 2 is 2.29 bits per heavy atom. The predicted molar refractivity (Wildman–Crippen MR) is 52.1 cm³/mol. The Hall–Kier alpha value is -0.750. The van der Waals surface area contributed by atoms with E-state index >= 15 is 0 Å². The van der Waals surface area contributed by atoms with Crippen molar-refractivity contribution in [3.8, 4) is 0 Å². The maximum absolute atomic E-state index is 11.3. The molecule has 1 heterocycles. The molecule has 1 aliphatic rings. The van der Waals surface area contributed by atoms with Gasteiger partial charge >= 0.3 is 5.97 Å². The fourth-order valence-electron chi connectivity index (χ4n) is 1.18. The average molecular weight is 219 g/mol. The summed E-state index contributed by atoms with van der Waals surface area (Å²) >= 11 is 1.57. The van der Waals surface area contributed by atoms with Crippen LogP contribution in [0, 0.1) is 0 Å². The van der Waals surface area contributed by atoms with Crippen molar-refractivity contribution in [2.24, 2.45) is 0 Å². The lowest BCUT2D eigenvalue weighted by Crippen LogP contribution is -2.39. The molecule has 1 aliphatic heterocycles. The van der Waals surface area contributed by atoms with E-state index in [0.717, 1.165) is 18.6 Å². The topological polar surface area (TPSA) is 86.6 Å². The molecule has 0 aliphatic carbocycles. The van der Waals surface area contributed by atoms with Gasteiger partial charge in [-0.25, -0.2) is 4.79 Å². The summed E-state index contributed by atoms with van der Waals surface area (Å²) in [4.78, 5) is 21.6. The number of carbonyl (C=O) groups is 2. The Labute approximate surface area is 85.9 Å². The average Bonchev–Trinajstić information content (AvgIpc) is 2.66. The van der Waals surface area contributed by atoms with Gasteiger partial charge in [-0.3, -0.25) is 4.79 Å². The van der Waals surface area contributed by atoms with Crippen molar-refractivity contribution in [1.29, 1.82) is 0 Å². The molecule has 2 atom stereocenters. The molecule has 1 amide bonds. The minimum atomic E-state index is -1.51. The highest BCUT2D eigenvalue weighted by molar-refractivity contribution is 8.00. The van der Waals surface area contributed by atoms with E-state index in [1.165, 1.54) is 0 Å². The van der Waals surface area contributed by atoms with Crippen molar-refractivity contribution in [2.45, 2.75) is 24.2 Å². The number of thioether (sulfide) groups is 1. The number of aliphatic carboxylic acids is 1. The largest absolute Gasteiger partial charge is 0.479 e. The summed E-state index contributed by atoms with van der Waals surface area (Å²) in [5.41, 5.74) is 0. The number of aliphatic hydroxyl groups is 1. The van der Waals surface area contributed by atoms with Gasteiger partial charge in [-0.1, -0.05) is 0 Å². The van der Waals surface area contributed by atoms with E-state index in [9.17, 15) is 9.59 Å². The molecule has 0 aromatic rings. The molecule has 80 valence electrons. The summed E-state index contributed by atoms with van der Waals surface area (Å²) in [6.07, 6.45) is 0.342. The van der Waals surface area contributed by atoms with Crippen LogP contribution >= 0.6 is 11.8 Å². The van der Waals surface area contributed by atoms with Crippen molar-refractivity contribution in [1.82, 2.24) is 5.32 Å². The van der Waals surface area contributed by atoms with Gasteiger partial charge in [0, 0.05) is 0 Å². The van der Waals surface area contributed by atoms with Crippen LogP contribution in [0.4, 0.5) is 0 Å². The van der Waals surface area contributed by atoms with Crippen molar-refractivity contribution >= 4 is 23.6 Å². The molecule has 3 N–H and O–H groups in total. The molecule has 0 radical (unpaired) electrons. The van der Waals surface area contributed by atoms with Gasteiger partial charge in [-0.05, 0) is 18.6 Å². The van der Waals surface area contributed by atoms with E-state index in [1.54, 1.807) is 11.8 Å². The van der Waals surface area contributed by atoms with Gasteiger partial charge in [-0.2, -0.15) is 0 Å². The fourth-order valence-corrected chi connectivity index (χ4v) is 2.37. The lowest BCUT2D eigenvalue weighted by Gasteiger charge is -2.11. The first-order valence-corrected chi connectivity index (χ1v) is 5.46. The van der Waals surface area contributed by atoms with E-state index in [-0.39, 0.29) is 17.7 Å². The summed E-state index contributed by atoms with van der Waals surface area (Å²) in [6, 6.07) is 0. The fraction of sp³-hybridized carbons (Fsp3) is 0.750. The molecule has 6 heteroatoms. The number of carbonyl (C=O) groups excluding carboxylic acids is 1. The first-order chi connectivity index (χ1) is 6.61. The second-order valence-corrected chi connectivity index (χ2v) is 4.41. The Kier molecular flexibility index (Phi) is 4.21. The number of nitrogens with one attached hydrogen (secondary N) is 1. The summed E-state index contributed by atoms with van der Waals surface area (Å²) < 4.78 is 0. The molecule has 5 nitrogen and oxygen atoms in total. The Bertz CT molecular complexity index is 227. The van der Waals surface area contributed by atoms with Gasteiger partial charge in [0.1, 0.15) is 0 Å². The van der Waals surface area contributed by atoms with Gasteiger partial charge < -0.3 is 15.5 Å². The highest BCUT2D eigenvalue weighted by Crippen LogP contribution is 2.25. The molecular weight excluding hydrogens is 206 g/mol. The first-order valence-electron chi connectivity index (χ1n) is 4.41. The van der Waals surface area contributed by atoms with Gasteiger partial charge in [0.2, 0.25) is 5.91 Å². The summed E-state index contributed by atoms with van der Waals surface area (Å²) in [5.74, 6) is -0.517. The molecule has 0 aromatic heterocycles. The Balaban J connectivity index is 2.23. The van der Waals surface area contributed by atoms with Crippen LogP contribution in [0.5, 0.6) is 0 Å². The van der Waals surface area contributed by atoms with Crippen molar-refractivity contribution in [3.05, 3.63) is 0 Å². The van der Waals surface area contributed by atoms with E-state index in [2.05, 4.69) is 5.32 Å². The molecule has 1 unspecified atom stereocenters. The lowest BCUT2D eigenvalue weighted by atomic mass is 10.2. The molecule has 14 heavy (non-hydrogen) atoms. The number of hydrogen-bond donors (Lipinski definition) is 3. The van der Waals surface area contributed by atoms with E-state index < -0.39 is 12.1 Å². The second kappa shape index (κ2) is 5.21. The monoisotopic (exact) mass is 219 g/mol. The SMILES string of the molecule is O=C(NC[C@H](O)C(=O)O)C1CCCS1. The smallest absolute Gasteiger partial charge is 0.334 e. The summed E-state index contributed by atoms with van der Waals surface area (Å²) in [5, 5.41) is 19.6. The minimum absolute atomic E-state index is 0.0732. The summed E-state index contributed by atoms with van der Waals surface area (Å²) in [7, 11) is 0. The van der Waals surface area contributed by atoms with E-state index in [0.29, 0.717) is 0 Å². The standard InChI is InChI=1S/C8H13NO4S/c10-5(8(12)13)4-9-7(11)6-2-1-3-14-6/h5-6,10H,1-4H2,(H,9,11)(H,12,13)/t5-,6?/m0/s1. The number of carboxylic acids is 1. The van der Waals surface area contributed by atoms with Crippen molar-refractivity contribution in [3.63, 3.8) is 0 Å². The second-order valence-electron chi connectivity index (χ2n) is 3.10. The zero-order valence-corrected chi connectivity index (χ0v) is 8.42. The lowest BCUT2D eigenvalue weighted by molar-refractivity contribution is -0.146. The maximum atomic E-state index is 11.3. The van der Waals surface area contributed by atoms with E-state index in [1.807, 2.05) is 0 Å². The Morgan fingerprint density at radius 1 is 1.57 bits per heavy atom. The number of hydrogen-bond acceptors (Lipinski definition) is 4. The molecule has 1 saturated heterocycles. The third kappa shape index (κ3) is 3.19. The third-order valence-corrected chi connectivity index (χ3v) is 3.35. The number of rotatable bonds is 4. The first kappa shape index (κ1) is 11.3. The summed E-state index contributed by atoms with van der Waals surface area (Å²) in [6.45, 7) is -0.217. The van der Waals surface area contributed by atoms with Gasteiger partial charge in [0.05, 0.1) is 11.8 Å². The molecular formula is C8H13NO4S. The molecule has 0 bridgehead atoms. The van der Waals surface area contributed by atoms with Crippen molar-refractivity contribution < 1.29 is 19.8 Å². The van der Waals surface area contributed by atoms with Crippen LogP contribution < -0.4 is 5.32 Å². The number of aliphatic hydroxyl groups excluding tert-OH is 1. The van der Waals surface area contributed by atoms with Crippen LogP contribution in [0.1, 0.15) is 12.8 Å². The van der Waals surface area contributed by atoms with Crippen LogP contribution in [0.15, 0.2) is 0 Å². The number of amides is 1. The zero-order valence-electron chi connectivity index (χ0n) is 7.60. The van der Waals surface area contributed by atoms with Gasteiger partial charge in [-0.15, -0.1) is 11.8 Å². The van der Waals surface area contributed by atoms with Crippen LogP contribution in [-0.4, -0.2) is 45.7 Å². The highest BCUT2D eigenvalue weighted by atomic mass is 32.2. The van der Waals surface area contributed by atoms with Gasteiger partial charge in [0.25, 0.3) is 0 Å². The molecule has 0 saturated carbocycles. The minimum Gasteiger partial charge on any atom is -0.479 e. The third-order valence-electron chi connectivity index (χ3n) is 1.98. The zero-order chi connectivity index (χ0) is 10.6. The van der Waals surface area contributed by atoms with Crippen LogP contribution in [0.3, 0.4) is 0 Å². The maximum Gasteiger partial charge on any atom is 0.334 e. The normalized spacial score (nSPS) is 23.1. The molecule has 1 rings (SSSR count). The van der Waals surface area contributed by atoms with Crippen LogP contribution in [-0.2, 0) is 9.59 Å². The molecule has 0 aromatic carbocycles. The molecule has 0 spiro atoms. The van der Waals surface area contributed by atoms with Gasteiger partial charge in [0.15, 0.2) is 6.10 Å². The van der Waals surface area contributed by atoms with Crippen LogP contribution in [0.25, 0.3) is 0 Å². The van der Waals surface area contributed by atoms with E-state index in [4.69, 9.17) is 10.2 Å². The van der Waals surface area contributed by atoms with Crippen LogP contribution in [0.2, 0.25) is 0 Å². The molecule has 1 fully saturated rings. The number of carboxylic acid groups (broad SMARTS) is 1. The highest BCUT2D eigenvalue weighted by Gasteiger charge is 2.24. The quantitative estimate of drug-likeness (QED) is 0.590. The van der Waals surface area contributed by atoms with Crippen molar-refractivity contribution in [2.75, 3.05) is 12.3 Å².